The second-order valence-corrected chi connectivity index (χ2v) is 9.42. The van der Waals surface area contributed by atoms with Crippen LogP contribution in [0.2, 0.25) is 0 Å². The molecule has 0 fully saturated rings. The van der Waals surface area contributed by atoms with Crippen LogP contribution >= 0.6 is 0 Å². The standard InChI is InChI=1S/2C15H14N2O2/c2*1-3-8-17-9(2)16-12-13(17)15(19)11-7-5-4-6-10(11)14(12)18/h2*4-7H,3,8H2,1-2H3. The maximum absolute atomic E-state index is 12.5. The first-order valence-corrected chi connectivity index (χ1v) is 12.8. The van der Waals surface area contributed by atoms with E-state index in [2.05, 4.69) is 9.97 Å². The summed E-state index contributed by atoms with van der Waals surface area (Å²) in [5.41, 5.74) is 3.38. The highest BCUT2D eigenvalue weighted by Crippen LogP contribution is 2.29. The molecule has 2 aliphatic rings. The number of nitrogens with zero attached hydrogens (tertiary/aromatic N) is 4. The van der Waals surface area contributed by atoms with E-state index in [1.807, 2.05) is 36.8 Å². The second kappa shape index (κ2) is 9.78. The van der Waals surface area contributed by atoms with E-state index in [-0.39, 0.29) is 23.1 Å². The van der Waals surface area contributed by atoms with Gasteiger partial charge in [-0.05, 0) is 26.7 Å². The Bertz CT molecular complexity index is 1520. The van der Waals surface area contributed by atoms with Crippen LogP contribution in [0, 0.1) is 13.8 Å². The van der Waals surface area contributed by atoms with Gasteiger partial charge >= 0.3 is 0 Å². The molecule has 0 bridgehead atoms. The first kappa shape index (κ1) is 25.2. The van der Waals surface area contributed by atoms with Crippen LogP contribution in [0.25, 0.3) is 0 Å². The summed E-state index contributed by atoms with van der Waals surface area (Å²) in [5, 5.41) is 0. The monoisotopic (exact) mass is 508 g/mol. The molecule has 0 radical (unpaired) electrons. The minimum absolute atomic E-state index is 0.0979. The highest BCUT2D eigenvalue weighted by molar-refractivity contribution is 6.28. The molecule has 2 aromatic carbocycles. The number of carbonyl (C=O) groups excluding carboxylic acids is 4. The van der Waals surface area contributed by atoms with Crippen LogP contribution in [0.4, 0.5) is 0 Å². The number of fused-ring (bicyclic) bond motifs is 4. The van der Waals surface area contributed by atoms with Crippen molar-refractivity contribution in [1.29, 1.82) is 0 Å². The van der Waals surface area contributed by atoms with E-state index in [0.29, 0.717) is 58.1 Å². The van der Waals surface area contributed by atoms with E-state index in [0.717, 1.165) is 24.5 Å². The fourth-order valence-electron chi connectivity index (χ4n) is 5.17. The Morgan fingerprint density at radius 3 is 1.18 bits per heavy atom. The van der Waals surface area contributed by atoms with Crippen LogP contribution in [0.15, 0.2) is 48.5 Å². The molecule has 2 heterocycles. The predicted molar refractivity (Wildman–Crippen MR) is 141 cm³/mol. The van der Waals surface area contributed by atoms with Gasteiger partial charge in [0, 0.05) is 35.3 Å². The van der Waals surface area contributed by atoms with Gasteiger partial charge in [-0.25, -0.2) is 9.97 Å². The Morgan fingerprint density at radius 2 is 0.868 bits per heavy atom. The molecule has 0 spiro atoms. The molecule has 192 valence electrons. The summed E-state index contributed by atoms with van der Waals surface area (Å²) in [5.74, 6) is 0.951. The summed E-state index contributed by atoms with van der Waals surface area (Å²) in [7, 11) is 0. The van der Waals surface area contributed by atoms with Crippen molar-refractivity contribution in [2.75, 3.05) is 0 Å². The summed E-state index contributed by atoms with van der Waals surface area (Å²) in [6.45, 7) is 9.15. The molecule has 8 nitrogen and oxygen atoms in total. The average molecular weight is 509 g/mol. The Kier molecular flexibility index (Phi) is 6.48. The highest BCUT2D eigenvalue weighted by atomic mass is 16.1. The normalized spacial score (nSPS) is 13.4. The van der Waals surface area contributed by atoms with Gasteiger partial charge in [0.2, 0.25) is 23.1 Å². The maximum Gasteiger partial charge on any atom is 0.214 e. The zero-order valence-electron chi connectivity index (χ0n) is 21.9. The molecule has 0 saturated carbocycles. The third kappa shape index (κ3) is 3.84. The van der Waals surface area contributed by atoms with Crippen LogP contribution in [-0.4, -0.2) is 42.2 Å². The number of benzene rings is 2. The molecule has 4 aromatic rings. The Labute approximate surface area is 220 Å². The smallest absolute Gasteiger partial charge is 0.214 e. The van der Waals surface area contributed by atoms with Gasteiger partial charge in [-0.1, -0.05) is 62.4 Å². The van der Waals surface area contributed by atoms with E-state index in [1.165, 1.54) is 0 Å². The fraction of sp³-hybridized carbons (Fsp3) is 0.267. The van der Waals surface area contributed by atoms with Crippen molar-refractivity contribution in [3.05, 3.63) is 105 Å². The topological polar surface area (TPSA) is 104 Å². The van der Waals surface area contributed by atoms with Gasteiger partial charge in [0.05, 0.1) is 0 Å². The average Bonchev–Trinajstić information content (AvgIpc) is 3.44. The van der Waals surface area contributed by atoms with Crippen LogP contribution in [0.5, 0.6) is 0 Å². The molecule has 0 aliphatic heterocycles. The van der Waals surface area contributed by atoms with Crippen molar-refractivity contribution >= 4 is 23.1 Å². The number of hydrogen-bond donors (Lipinski definition) is 0. The summed E-state index contributed by atoms with van der Waals surface area (Å²) in [4.78, 5) is 58.5. The predicted octanol–water partition coefficient (Wildman–Crippen LogP) is 4.75. The quantitative estimate of drug-likeness (QED) is 0.340. The molecule has 6 rings (SSSR count). The van der Waals surface area contributed by atoms with E-state index in [4.69, 9.17) is 0 Å². The lowest BCUT2D eigenvalue weighted by molar-refractivity contribution is 0.0971. The van der Waals surface area contributed by atoms with Gasteiger partial charge in [0.25, 0.3) is 0 Å². The van der Waals surface area contributed by atoms with Gasteiger partial charge in [0.15, 0.2) is 0 Å². The van der Waals surface area contributed by atoms with Crippen molar-refractivity contribution in [3.63, 3.8) is 0 Å². The number of hydrogen-bond acceptors (Lipinski definition) is 6. The molecule has 2 aliphatic carbocycles. The van der Waals surface area contributed by atoms with E-state index in [1.54, 1.807) is 48.5 Å². The van der Waals surface area contributed by atoms with Crippen LogP contribution in [0.1, 0.15) is 103 Å². The number of aromatic nitrogens is 4. The fourth-order valence-corrected chi connectivity index (χ4v) is 5.17. The molecule has 38 heavy (non-hydrogen) atoms. The number of ketones is 4. The van der Waals surface area contributed by atoms with Gasteiger partial charge in [-0.2, -0.15) is 0 Å². The van der Waals surface area contributed by atoms with E-state index < -0.39 is 0 Å². The van der Waals surface area contributed by atoms with Crippen LogP contribution in [0.3, 0.4) is 0 Å². The summed E-state index contributed by atoms with van der Waals surface area (Å²) >= 11 is 0. The first-order chi connectivity index (χ1) is 18.3. The van der Waals surface area contributed by atoms with Gasteiger partial charge in [-0.15, -0.1) is 0 Å². The summed E-state index contributed by atoms with van der Waals surface area (Å²) < 4.78 is 3.71. The molecular formula is C30H28N4O4. The van der Waals surface area contributed by atoms with Gasteiger partial charge in [-0.3, -0.25) is 19.2 Å². The van der Waals surface area contributed by atoms with Crippen LogP contribution < -0.4 is 0 Å². The molecule has 8 heteroatoms. The molecule has 0 saturated heterocycles. The first-order valence-electron chi connectivity index (χ1n) is 12.8. The molecule has 0 amide bonds. The van der Waals surface area contributed by atoms with Crippen molar-refractivity contribution in [1.82, 2.24) is 19.1 Å². The Hall–Kier alpha value is -4.46. The van der Waals surface area contributed by atoms with E-state index >= 15 is 0 Å². The minimum atomic E-state index is -0.150. The van der Waals surface area contributed by atoms with Crippen molar-refractivity contribution in [3.8, 4) is 0 Å². The summed E-state index contributed by atoms with van der Waals surface area (Å²) in [6.07, 6.45) is 1.79. The lowest BCUT2D eigenvalue weighted by Gasteiger charge is -2.15. The Morgan fingerprint density at radius 1 is 0.553 bits per heavy atom. The lowest BCUT2D eigenvalue weighted by Crippen LogP contribution is -2.23. The Balaban J connectivity index is 0.000000155. The van der Waals surface area contributed by atoms with Gasteiger partial charge in [0.1, 0.15) is 34.4 Å². The molecule has 0 unspecified atom stereocenters. The zero-order valence-corrected chi connectivity index (χ0v) is 21.9. The van der Waals surface area contributed by atoms with E-state index in [9.17, 15) is 19.2 Å². The number of rotatable bonds is 4. The SMILES string of the molecule is CCCn1c(C)nc2c1C(=O)c1ccccc1C2=O.CCCn1c(C)nc2c1C(=O)c1ccccc1C2=O. The lowest BCUT2D eigenvalue weighted by atomic mass is 9.90. The van der Waals surface area contributed by atoms with Crippen LogP contribution in [-0.2, 0) is 13.1 Å². The minimum Gasteiger partial charge on any atom is -0.325 e. The number of imidazole rings is 2. The van der Waals surface area contributed by atoms with Crippen molar-refractivity contribution < 1.29 is 19.2 Å². The number of carbonyl (C=O) groups is 4. The molecule has 2 aromatic heterocycles. The zero-order chi connectivity index (χ0) is 27.1. The summed E-state index contributed by atoms with van der Waals surface area (Å²) in [6, 6.07) is 13.9. The second-order valence-electron chi connectivity index (χ2n) is 9.42. The highest BCUT2D eigenvalue weighted by Gasteiger charge is 2.35. The third-order valence-corrected chi connectivity index (χ3v) is 6.90. The molecular weight excluding hydrogens is 480 g/mol. The molecule has 0 atom stereocenters. The molecule has 0 N–H and O–H groups in total. The number of aryl methyl sites for hydroxylation is 2. The largest absolute Gasteiger partial charge is 0.325 e. The maximum atomic E-state index is 12.5. The van der Waals surface area contributed by atoms with Crippen molar-refractivity contribution in [2.45, 2.75) is 53.6 Å². The van der Waals surface area contributed by atoms with Gasteiger partial charge < -0.3 is 9.13 Å². The van der Waals surface area contributed by atoms with Crippen molar-refractivity contribution in [2.24, 2.45) is 0 Å². The third-order valence-electron chi connectivity index (χ3n) is 6.90.